The van der Waals surface area contributed by atoms with E-state index >= 15 is 0 Å². The minimum atomic E-state index is -0.510. The maximum Gasteiger partial charge on any atom is 0.412 e. The number of rotatable bonds is 3. The van der Waals surface area contributed by atoms with E-state index in [1.807, 2.05) is 39.0 Å². The normalized spacial score (nSPS) is 18.1. The van der Waals surface area contributed by atoms with Crippen molar-refractivity contribution in [2.75, 3.05) is 19.0 Å². The van der Waals surface area contributed by atoms with Gasteiger partial charge in [0.15, 0.2) is 0 Å². The molecule has 1 unspecified atom stereocenters. The zero-order valence-electron chi connectivity index (χ0n) is 12.4. The third-order valence-electron chi connectivity index (χ3n) is 3.08. The molecule has 20 heavy (non-hydrogen) atoms. The fourth-order valence-electron chi connectivity index (χ4n) is 2.05. The van der Waals surface area contributed by atoms with Gasteiger partial charge in [0, 0.05) is 23.4 Å². The van der Waals surface area contributed by atoms with Crippen molar-refractivity contribution in [1.82, 2.24) is 5.32 Å². The predicted molar refractivity (Wildman–Crippen MR) is 78.2 cm³/mol. The molecular weight excluding hydrogens is 256 g/mol. The van der Waals surface area contributed by atoms with E-state index < -0.39 is 11.7 Å². The van der Waals surface area contributed by atoms with Crippen LogP contribution in [0.4, 0.5) is 10.5 Å². The number of nitrogens with one attached hydrogen (secondary N) is 2. The Morgan fingerprint density at radius 1 is 1.40 bits per heavy atom. The summed E-state index contributed by atoms with van der Waals surface area (Å²) in [5, 5.41) is 6.05. The van der Waals surface area contributed by atoms with Crippen molar-refractivity contribution in [3.05, 3.63) is 23.8 Å². The van der Waals surface area contributed by atoms with Crippen LogP contribution in [-0.4, -0.2) is 25.3 Å². The van der Waals surface area contributed by atoms with Gasteiger partial charge in [-0.25, -0.2) is 4.79 Å². The van der Waals surface area contributed by atoms with Gasteiger partial charge in [-0.2, -0.15) is 0 Å². The Morgan fingerprint density at radius 2 is 2.10 bits per heavy atom. The van der Waals surface area contributed by atoms with E-state index in [4.69, 9.17) is 9.47 Å². The molecule has 1 heterocycles. The summed E-state index contributed by atoms with van der Waals surface area (Å²) in [5.74, 6) is 0.774. The molecule has 0 spiro atoms. The highest BCUT2D eigenvalue weighted by Gasteiger charge is 2.22. The van der Waals surface area contributed by atoms with Gasteiger partial charge in [-0.3, -0.25) is 5.32 Å². The second-order valence-corrected chi connectivity index (χ2v) is 5.88. The molecule has 2 rings (SSSR count). The molecule has 1 atom stereocenters. The van der Waals surface area contributed by atoms with E-state index in [2.05, 4.69) is 10.6 Å². The van der Waals surface area contributed by atoms with Gasteiger partial charge in [-0.1, -0.05) is 6.07 Å². The summed E-state index contributed by atoms with van der Waals surface area (Å²) >= 11 is 0. The molecule has 0 radical (unpaired) electrons. The Hall–Kier alpha value is -1.75. The Labute approximate surface area is 119 Å². The minimum absolute atomic E-state index is 0.348. The van der Waals surface area contributed by atoms with Crippen molar-refractivity contribution in [2.24, 2.45) is 0 Å². The number of methoxy groups -OCH3 is 1. The lowest BCUT2D eigenvalue weighted by atomic mass is 9.97. The summed E-state index contributed by atoms with van der Waals surface area (Å²) in [7, 11) is 1.63. The number of benzene rings is 1. The molecule has 0 aromatic heterocycles. The molecule has 0 bridgehead atoms. The number of carbonyl (C=O) groups is 1. The average molecular weight is 278 g/mol. The van der Waals surface area contributed by atoms with Crippen molar-refractivity contribution >= 4 is 11.8 Å². The standard InChI is InChI=1S/C15H22N2O3/c1-15(2,3)20-14(18)17-10-5-6-11(12-7-8-16-12)13(9-10)19-4/h5-6,9,12,16H,7-8H2,1-4H3,(H,17,18). The van der Waals surface area contributed by atoms with Gasteiger partial charge < -0.3 is 14.8 Å². The summed E-state index contributed by atoms with van der Waals surface area (Å²) in [4.78, 5) is 11.7. The first-order valence-electron chi connectivity index (χ1n) is 6.80. The molecule has 110 valence electrons. The third-order valence-corrected chi connectivity index (χ3v) is 3.08. The highest BCUT2D eigenvalue weighted by atomic mass is 16.6. The van der Waals surface area contributed by atoms with E-state index in [0.717, 1.165) is 24.3 Å². The second kappa shape index (κ2) is 5.71. The van der Waals surface area contributed by atoms with E-state index in [0.29, 0.717) is 11.7 Å². The van der Waals surface area contributed by atoms with Crippen molar-refractivity contribution in [3.8, 4) is 5.75 Å². The van der Waals surface area contributed by atoms with Crippen LogP contribution < -0.4 is 15.4 Å². The molecule has 1 fully saturated rings. The average Bonchev–Trinajstić information content (AvgIpc) is 2.26. The van der Waals surface area contributed by atoms with Crippen molar-refractivity contribution in [2.45, 2.75) is 38.8 Å². The molecular formula is C15H22N2O3. The minimum Gasteiger partial charge on any atom is -0.496 e. The molecule has 5 nitrogen and oxygen atoms in total. The summed E-state index contributed by atoms with van der Waals surface area (Å²) in [6, 6.07) is 6.00. The number of carbonyl (C=O) groups excluding carboxylic acids is 1. The first kappa shape index (κ1) is 14.7. The summed E-state index contributed by atoms with van der Waals surface area (Å²) in [6.45, 7) is 6.53. The monoisotopic (exact) mass is 278 g/mol. The van der Waals surface area contributed by atoms with Crippen LogP contribution in [0.1, 0.15) is 38.8 Å². The lowest BCUT2D eigenvalue weighted by Gasteiger charge is -2.29. The van der Waals surface area contributed by atoms with Crippen molar-refractivity contribution in [1.29, 1.82) is 0 Å². The topological polar surface area (TPSA) is 59.6 Å². The quantitative estimate of drug-likeness (QED) is 0.892. The largest absolute Gasteiger partial charge is 0.496 e. The van der Waals surface area contributed by atoms with Gasteiger partial charge in [-0.15, -0.1) is 0 Å². The molecule has 1 amide bonds. The lowest BCUT2D eigenvalue weighted by Crippen LogP contribution is -2.35. The van der Waals surface area contributed by atoms with E-state index in [9.17, 15) is 4.79 Å². The van der Waals surface area contributed by atoms with Crippen LogP contribution in [0.25, 0.3) is 0 Å². The smallest absolute Gasteiger partial charge is 0.412 e. The molecule has 5 heteroatoms. The summed E-state index contributed by atoms with van der Waals surface area (Å²) in [5.41, 5.74) is 1.27. The lowest BCUT2D eigenvalue weighted by molar-refractivity contribution is 0.0636. The van der Waals surface area contributed by atoms with Crippen LogP contribution in [0, 0.1) is 0 Å². The Balaban J connectivity index is 2.07. The maximum absolute atomic E-state index is 11.7. The Bertz CT molecular complexity index is 490. The SMILES string of the molecule is COc1cc(NC(=O)OC(C)(C)C)ccc1C1CCN1. The second-order valence-electron chi connectivity index (χ2n) is 5.88. The number of anilines is 1. The zero-order chi connectivity index (χ0) is 14.8. The molecule has 1 aromatic rings. The fraction of sp³-hybridized carbons (Fsp3) is 0.533. The van der Waals surface area contributed by atoms with Crippen LogP contribution >= 0.6 is 0 Å². The predicted octanol–water partition coefficient (Wildman–Crippen LogP) is 3.08. The third kappa shape index (κ3) is 3.63. The number of hydrogen-bond acceptors (Lipinski definition) is 4. The van der Waals surface area contributed by atoms with Crippen LogP contribution in [0.2, 0.25) is 0 Å². The number of amides is 1. The fourth-order valence-corrected chi connectivity index (χ4v) is 2.05. The van der Waals surface area contributed by atoms with Crippen molar-refractivity contribution < 1.29 is 14.3 Å². The Morgan fingerprint density at radius 3 is 2.60 bits per heavy atom. The summed E-state index contributed by atoms with van der Waals surface area (Å²) < 4.78 is 10.6. The van der Waals surface area contributed by atoms with Gasteiger partial charge in [-0.05, 0) is 39.8 Å². The molecule has 0 saturated carbocycles. The summed E-state index contributed by atoms with van der Waals surface area (Å²) in [6.07, 6.45) is 0.643. The molecule has 1 aliphatic heterocycles. The molecule has 1 aromatic carbocycles. The molecule has 1 aliphatic rings. The maximum atomic E-state index is 11.7. The van der Waals surface area contributed by atoms with Crippen LogP contribution in [-0.2, 0) is 4.74 Å². The molecule has 2 N–H and O–H groups in total. The zero-order valence-corrected chi connectivity index (χ0v) is 12.4. The van der Waals surface area contributed by atoms with Crippen molar-refractivity contribution in [3.63, 3.8) is 0 Å². The van der Waals surface area contributed by atoms with Gasteiger partial charge in [0.05, 0.1) is 7.11 Å². The van der Waals surface area contributed by atoms with Crippen LogP contribution in [0.3, 0.4) is 0 Å². The van der Waals surface area contributed by atoms with E-state index in [-0.39, 0.29) is 0 Å². The van der Waals surface area contributed by atoms with Gasteiger partial charge in [0.1, 0.15) is 11.4 Å². The highest BCUT2D eigenvalue weighted by Crippen LogP contribution is 2.33. The molecule has 1 saturated heterocycles. The number of hydrogen-bond donors (Lipinski definition) is 2. The van der Waals surface area contributed by atoms with E-state index in [1.165, 1.54) is 0 Å². The first-order chi connectivity index (χ1) is 9.39. The van der Waals surface area contributed by atoms with E-state index in [1.54, 1.807) is 7.11 Å². The van der Waals surface area contributed by atoms with Gasteiger partial charge in [0.25, 0.3) is 0 Å². The number of ether oxygens (including phenoxy) is 2. The highest BCUT2D eigenvalue weighted by molar-refractivity contribution is 5.85. The van der Waals surface area contributed by atoms with Crippen LogP contribution in [0.5, 0.6) is 5.75 Å². The first-order valence-corrected chi connectivity index (χ1v) is 6.80. The molecule has 0 aliphatic carbocycles. The van der Waals surface area contributed by atoms with Gasteiger partial charge in [0.2, 0.25) is 0 Å². The van der Waals surface area contributed by atoms with Crippen LogP contribution in [0.15, 0.2) is 18.2 Å². The Kier molecular flexibility index (Phi) is 4.18. The van der Waals surface area contributed by atoms with Gasteiger partial charge >= 0.3 is 6.09 Å².